The van der Waals surface area contributed by atoms with Gasteiger partial charge in [-0.05, 0) is 19.3 Å². The van der Waals surface area contributed by atoms with Crippen molar-refractivity contribution in [2.45, 2.75) is 37.4 Å². The van der Waals surface area contributed by atoms with Gasteiger partial charge in [-0.3, -0.25) is 14.6 Å². The highest BCUT2D eigenvalue weighted by atomic mass is 32.2. The summed E-state index contributed by atoms with van der Waals surface area (Å²) in [5, 5.41) is 0.500. The Bertz CT molecular complexity index is 470. The van der Waals surface area contributed by atoms with Crippen molar-refractivity contribution in [3.63, 3.8) is 0 Å². The maximum atomic E-state index is 11.3. The van der Waals surface area contributed by atoms with Crippen molar-refractivity contribution in [1.82, 2.24) is 10.0 Å². The lowest BCUT2D eigenvalue weighted by Gasteiger charge is -2.18. The lowest BCUT2D eigenvalue weighted by atomic mass is 10.1. The van der Waals surface area contributed by atoms with Gasteiger partial charge in [0, 0.05) is 13.1 Å². The zero-order valence-electron chi connectivity index (χ0n) is 12.2. The van der Waals surface area contributed by atoms with Crippen LogP contribution in [0.25, 0.3) is 0 Å². The maximum absolute atomic E-state index is 11.3. The first kappa shape index (κ1) is 20.4. The molecule has 0 aromatic rings. The van der Waals surface area contributed by atoms with Gasteiger partial charge in [0.05, 0.1) is 5.25 Å². The number of rotatable bonds is 10. The summed E-state index contributed by atoms with van der Waals surface area (Å²) >= 11 is 0. The molecule has 0 aliphatic heterocycles. The molecular weight excluding hydrogens is 316 g/mol. The van der Waals surface area contributed by atoms with Gasteiger partial charge in [0.25, 0.3) is 10.1 Å². The van der Waals surface area contributed by atoms with E-state index in [1.54, 1.807) is 0 Å². The number of primary amides is 2. The van der Waals surface area contributed by atoms with E-state index in [1.807, 2.05) is 0 Å². The van der Waals surface area contributed by atoms with Crippen molar-refractivity contribution in [2.24, 2.45) is 23.2 Å². The minimum absolute atomic E-state index is 0.0252. The highest BCUT2D eigenvalue weighted by molar-refractivity contribution is 7.86. The second-order valence-corrected chi connectivity index (χ2v) is 6.53. The van der Waals surface area contributed by atoms with Crippen LogP contribution in [-0.2, 0) is 10.1 Å². The van der Waals surface area contributed by atoms with Crippen LogP contribution in [0.15, 0.2) is 0 Å². The molecule has 1 unspecified atom stereocenters. The van der Waals surface area contributed by atoms with Gasteiger partial charge in [-0.15, -0.1) is 0 Å². The fourth-order valence-electron chi connectivity index (χ4n) is 1.78. The molecule has 0 saturated carbocycles. The quantitative estimate of drug-likeness (QED) is 0.107. The Kier molecular flexibility index (Phi) is 8.70. The molecule has 11 nitrogen and oxygen atoms in total. The van der Waals surface area contributed by atoms with Crippen LogP contribution in [0.2, 0.25) is 0 Å². The normalized spacial score (nSPS) is 12.7. The summed E-state index contributed by atoms with van der Waals surface area (Å²) in [6.45, 7) is 0.169. The van der Waals surface area contributed by atoms with Crippen LogP contribution in [0.1, 0.15) is 32.1 Å². The lowest BCUT2D eigenvalue weighted by Crippen LogP contribution is -2.43. The van der Waals surface area contributed by atoms with Crippen LogP contribution >= 0.6 is 0 Å². The summed E-state index contributed by atoms with van der Waals surface area (Å²) in [7, 11) is -4.25. The number of hydrogen-bond donors (Lipinski definition) is 5. The van der Waals surface area contributed by atoms with Crippen molar-refractivity contribution in [3.05, 3.63) is 0 Å². The number of hydrazine groups is 2. The Morgan fingerprint density at radius 1 is 0.909 bits per heavy atom. The second-order valence-electron chi connectivity index (χ2n) is 4.84. The summed E-state index contributed by atoms with van der Waals surface area (Å²) in [5.41, 5.74) is 9.86. The largest absolute Gasteiger partial charge is 0.350 e. The fraction of sp³-hybridized carbons (Fsp3) is 0.800. The Morgan fingerprint density at radius 2 is 1.41 bits per heavy atom. The number of urea groups is 2. The Labute approximate surface area is 129 Å². The van der Waals surface area contributed by atoms with Crippen molar-refractivity contribution in [3.8, 4) is 0 Å². The number of amides is 4. The molecule has 0 saturated heterocycles. The third-order valence-electron chi connectivity index (χ3n) is 3.10. The van der Waals surface area contributed by atoms with E-state index in [0.717, 1.165) is 5.01 Å². The van der Waals surface area contributed by atoms with Crippen molar-refractivity contribution < 1.29 is 22.6 Å². The molecule has 1 atom stereocenters. The van der Waals surface area contributed by atoms with E-state index < -0.39 is 27.4 Å². The molecule has 0 heterocycles. The van der Waals surface area contributed by atoms with E-state index in [2.05, 4.69) is 0 Å². The summed E-state index contributed by atoms with van der Waals surface area (Å²) in [6, 6.07) is -1.63. The van der Waals surface area contributed by atoms with Crippen LogP contribution in [-0.4, -0.2) is 53.4 Å². The standard InChI is InChI=1S/C10H24N6O5S/c11-9(17)15(13)6-3-1-2-4-8(22(19,20)21)5-7-16(14)10(12)18/h8H,1-7,13-14H2,(H2,11,17)(H2,12,18)(H,19,20,21). The minimum atomic E-state index is -4.25. The molecule has 0 fully saturated rings. The summed E-state index contributed by atoms with van der Waals surface area (Å²) in [6.07, 6.45) is 1.78. The number of carbonyl (C=O) groups is 2. The van der Waals surface area contributed by atoms with E-state index in [4.69, 9.17) is 27.7 Å². The van der Waals surface area contributed by atoms with Crippen molar-refractivity contribution in [2.75, 3.05) is 13.1 Å². The number of nitrogens with zero attached hydrogens (tertiary/aromatic N) is 2. The van der Waals surface area contributed by atoms with E-state index in [0.29, 0.717) is 24.3 Å². The highest BCUT2D eigenvalue weighted by Crippen LogP contribution is 2.14. The predicted molar refractivity (Wildman–Crippen MR) is 79.4 cm³/mol. The Morgan fingerprint density at radius 3 is 1.86 bits per heavy atom. The molecule has 130 valence electrons. The first-order valence-corrected chi connectivity index (χ1v) is 8.15. The number of carbonyl (C=O) groups excluding carboxylic acids is 2. The molecule has 0 spiro atoms. The van der Waals surface area contributed by atoms with Gasteiger partial charge in [-0.1, -0.05) is 12.8 Å². The maximum Gasteiger partial charge on any atom is 0.328 e. The summed E-state index contributed by atoms with van der Waals surface area (Å²) in [5.74, 6) is 10.6. The molecule has 12 heteroatoms. The molecule has 0 aromatic heterocycles. The minimum Gasteiger partial charge on any atom is -0.350 e. The highest BCUT2D eigenvalue weighted by Gasteiger charge is 2.23. The number of hydrogen-bond acceptors (Lipinski definition) is 6. The number of nitrogens with two attached hydrogens (primary N) is 4. The molecule has 0 radical (unpaired) electrons. The third kappa shape index (κ3) is 8.61. The van der Waals surface area contributed by atoms with Gasteiger partial charge >= 0.3 is 12.1 Å². The molecular formula is C10H24N6O5S. The number of unbranched alkanes of at least 4 members (excludes halogenated alkanes) is 2. The summed E-state index contributed by atoms with van der Waals surface area (Å²) in [4.78, 5) is 21.4. The molecule has 4 amide bonds. The van der Waals surface area contributed by atoms with Crippen molar-refractivity contribution >= 4 is 22.2 Å². The Balaban J connectivity index is 4.17. The topological polar surface area (TPSA) is 199 Å². The van der Waals surface area contributed by atoms with Crippen LogP contribution < -0.4 is 23.2 Å². The van der Waals surface area contributed by atoms with Gasteiger partial charge in [0.1, 0.15) is 0 Å². The van der Waals surface area contributed by atoms with Gasteiger partial charge < -0.3 is 11.5 Å². The van der Waals surface area contributed by atoms with Crippen molar-refractivity contribution in [1.29, 1.82) is 0 Å². The predicted octanol–water partition coefficient (Wildman–Crippen LogP) is -1.30. The van der Waals surface area contributed by atoms with Gasteiger partial charge in [0.2, 0.25) is 0 Å². The zero-order valence-corrected chi connectivity index (χ0v) is 13.0. The molecule has 9 N–H and O–H groups in total. The van der Waals surface area contributed by atoms with Crippen LogP contribution in [0, 0.1) is 0 Å². The first-order valence-electron chi connectivity index (χ1n) is 6.65. The average Bonchev–Trinajstić information content (AvgIpc) is 2.39. The van der Waals surface area contributed by atoms with Gasteiger partial charge in [-0.25, -0.2) is 21.3 Å². The monoisotopic (exact) mass is 340 g/mol. The first-order chi connectivity index (χ1) is 10.1. The van der Waals surface area contributed by atoms with E-state index in [1.165, 1.54) is 0 Å². The fourth-order valence-corrected chi connectivity index (χ4v) is 2.64. The average molecular weight is 340 g/mol. The summed E-state index contributed by atoms with van der Waals surface area (Å²) < 4.78 is 31.7. The zero-order chi connectivity index (χ0) is 17.3. The molecule has 0 aromatic carbocycles. The van der Waals surface area contributed by atoms with E-state index in [9.17, 15) is 18.0 Å². The van der Waals surface area contributed by atoms with Crippen LogP contribution in [0.3, 0.4) is 0 Å². The SMILES string of the molecule is NC(=O)N(N)CCCCCC(CCN(N)C(N)=O)S(=O)(=O)O. The molecule has 0 aliphatic rings. The van der Waals surface area contributed by atoms with Gasteiger partial charge in [-0.2, -0.15) is 8.42 Å². The van der Waals surface area contributed by atoms with Crippen LogP contribution in [0.4, 0.5) is 9.59 Å². The smallest absolute Gasteiger partial charge is 0.328 e. The molecule has 0 bridgehead atoms. The molecule has 0 rings (SSSR count). The Hall–Kier alpha value is -1.63. The second kappa shape index (κ2) is 9.40. The van der Waals surface area contributed by atoms with E-state index in [-0.39, 0.29) is 25.9 Å². The van der Waals surface area contributed by atoms with E-state index >= 15 is 0 Å². The lowest BCUT2D eigenvalue weighted by molar-refractivity contribution is 0.206. The molecule has 0 aliphatic carbocycles. The third-order valence-corrected chi connectivity index (χ3v) is 4.42. The molecule has 22 heavy (non-hydrogen) atoms. The van der Waals surface area contributed by atoms with Gasteiger partial charge in [0.15, 0.2) is 0 Å². The van der Waals surface area contributed by atoms with Crippen LogP contribution in [0.5, 0.6) is 0 Å².